The van der Waals surface area contributed by atoms with E-state index in [2.05, 4.69) is 0 Å². The summed E-state index contributed by atoms with van der Waals surface area (Å²) in [6.07, 6.45) is 2.18. The number of benzene rings is 2. The second-order valence-electron chi connectivity index (χ2n) is 7.38. The maximum atomic E-state index is 13.3. The first-order valence-electron chi connectivity index (χ1n) is 10.1. The molecule has 8 heteroatoms. The van der Waals surface area contributed by atoms with Gasteiger partial charge in [0.15, 0.2) is 0 Å². The van der Waals surface area contributed by atoms with Crippen LogP contribution < -0.4 is 13.9 Å². The second-order valence-corrected chi connectivity index (χ2v) is 9.24. The van der Waals surface area contributed by atoms with Gasteiger partial charge >= 0.3 is 0 Å². The Balaban J connectivity index is 1.66. The number of hydrogen-bond acceptors (Lipinski definition) is 4. The fourth-order valence-corrected chi connectivity index (χ4v) is 5.49. The van der Waals surface area contributed by atoms with E-state index in [-0.39, 0.29) is 10.8 Å². The summed E-state index contributed by atoms with van der Waals surface area (Å²) in [6, 6.07) is 16.2. The summed E-state index contributed by atoms with van der Waals surface area (Å²) in [4.78, 5) is 15.0. The molecule has 1 aromatic heterocycles. The van der Waals surface area contributed by atoms with Gasteiger partial charge in [-0.05, 0) is 55.3 Å². The molecule has 31 heavy (non-hydrogen) atoms. The standard InChI is InChI=1S/C23H25N3O4S/c1-4-25(18-9-11-19(30-3)12-10-18)23(27)22-15-20(16-24(22)2)31(28,29)26-14-13-17-7-5-6-8-21(17)26/h5-12,15-16H,4,13-14H2,1-3H3. The molecule has 1 aliphatic rings. The van der Waals surface area contributed by atoms with Crippen LogP contribution in [0.25, 0.3) is 0 Å². The molecule has 0 saturated carbocycles. The first-order valence-corrected chi connectivity index (χ1v) is 11.5. The molecular formula is C23H25N3O4S. The lowest BCUT2D eigenvalue weighted by molar-refractivity contribution is 0.0980. The Hall–Kier alpha value is -3.26. The minimum absolute atomic E-state index is 0.112. The van der Waals surface area contributed by atoms with Gasteiger partial charge in [-0.2, -0.15) is 0 Å². The topological polar surface area (TPSA) is 71.9 Å². The van der Waals surface area contributed by atoms with Gasteiger partial charge in [0.25, 0.3) is 15.9 Å². The number of rotatable bonds is 6. The molecule has 7 nitrogen and oxygen atoms in total. The molecule has 0 bridgehead atoms. The third kappa shape index (κ3) is 3.67. The summed E-state index contributed by atoms with van der Waals surface area (Å²) in [5.41, 5.74) is 2.73. The molecule has 0 atom stereocenters. The number of sulfonamides is 1. The van der Waals surface area contributed by atoms with Crippen molar-refractivity contribution in [1.82, 2.24) is 4.57 Å². The lowest BCUT2D eigenvalue weighted by Crippen LogP contribution is -2.32. The number of fused-ring (bicyclic) bond motifs is 1. The van der Waals surface area contributed by atoms with Gasteiger partial charge in [0.05, 0.1) is 12.8 Å². The molecule has 1 amide bonds. The predicted molar refractivity (Wildman–Crippen MR) is 120 cm³/mol. The first kappa shape index (κ1) is 21.0. The molecule has 4 rings (SSSR count). The van der Waals surface area contributed by atoms with Gasteiger partial charge in [-0.25, -0.2) is 8.42 Å². The summed E-state index contributed by atoms with van der Waals surface area (Å²) in [5, 5.41) is 0. The molecule has 3 aromatic rings. The zero-order chi connectivity index (χ0) is 22.2. The molecule has 0 radical (unpaired) electrons. The van der Waals surface area contributed by atoms with Crippen molar-refractivity contribution in [2.24, 2.45) is 7.05 Å². The Labute approximate surface area is 182 Å². The average Bonchev–Trinajstić information content (AvgIpc) is 3.39. The van der Waals surface area contributed by atoms with Crippen LogP contribution in [-0.2, 0) is 23.5 Å². The Bertz CT molecular complexity index is 1220. The molecule has 0 unspecified atom stereocenters. The number of amides is 1. The van der Waals surface area contributed by atoms with Crippen molar-refractivity contribution in [1.29, 1.82) is 0 Å². The van der Waals surface area contributed by atoms with Crippen molar-refractivity contribution in [3.63, 3.8) is 0 Å². The van der Waals surface area contributed by atoms with Crippen LogP contribution in [0.3, 0.4) is 0 Å². The third-order valence-corrected chi connectivity index (χ3v) is 7.36. The lowest BCUT2D eigenvalue weighted by atomic mass is 10.2. The number of ether oxygens (including phenoxy) is 1. The van der Waals surface area contributed by atoms with E-state index < -0.39 is 10.0 Å². The van der Waals surface area contributed by atoms with E-state index in [4.69, 9.17) is 4.74 Å². The molecule has 0 N–H and O–H groups in total. The molecule has 0 spiro atoms. The number of methoxy groups -OCH3 is 1. The molecule has 1 aliphatic heterocycles. The van der Waals surface area contributed by atoms with Gasteiger partial charge in [-0.15, -0.1) is 0 Å². The van der Waals surface area contributed by atoms with Crippen LogP contribution in [0, 0.1) is 0 Å². The largest absolute Gasteiger partial charge is 0.497 e. The zero-order valence-electron chi connectivity index (χ0n) is 17.8. The highest BCUT2D eigenvalue weighted by Gasteiger charge is 2.32. The molecule has 0 saturated heterocycles. The lowest BCUT2D eigenvalue weighted by Gasteiger charge is -2.21. The Morgan fingerprint density at radius 1 is 1.13 bits per heavy atom. The van der Waals surface area contributed by atoms with Crippen LogP contribution in [0.5, 0.6) is 5.75 Å². The first-order chi connectivity index (χ1) is 14.9. The van der Waals surface area contributed by atoms with Crippen LogP contribution in [0.1, 0.15) is 23.0 Å². The fourth-order valence-electron chi connectivity index (χ4n) is 3.92. The Morgan fingerprint density at radius 3 is 2.52 bits per heavy atom. The summed E-state index contributed by atoms with van der Waals surface area (Å²) < 4.78 is 34.9. The Morgan fingerprint density at radius 2 is 1.84 bits per heavy atom. The number of hydrogen-bond donors (Lipinski definition) is 0. The average molecular weight is 440 g/mol. The SMILES string of the molecule is CCN(C(=O)c1cc(S(=O)(=O)N2CCc3ccccc32)cn1C)c1ccc(OC)cc1. The highest BCUT2D eigenvalue weighted by molar-refractivity contribution is 7.92. The normalized spacial score (nSPS) is 13.2. The zero-order valence-corrected chi connectivity index (χ0v) is 18.6. The maximum Gasteiger partial charge on any atom is 0.274 e. The summed E-state index contributed by atoms with van der Waals surface area (Å²) in [5.74, 6) is 0.434. The van der Waals surface area contributed by atoms with E-state index in [0.29, 0.717) is 42.3 Å². The number of carbonyl (C=O) groups is 1. The van der Waals surface area contributed by atoms with Crippen molar-refractivity contribution in [2.75, 3.05) is 29.4 Å². The van der Waals surface area contributed by atoms with E-state index in [9.17, 15) is 13.2 Å². The third-order valence-electron chi connectivity index (χ3n) is 5.58. The number of para-hydroxylation sites is 1. The van der Waals surface area contributed by atoms with E-state index >= 15 is 0 Å². The number of carbonyl (C=O) groups excluding carboxylic acids is 1. The second kappa shape index (κ2) is 8.11. The maximum absolute atomic E-state index is 13.3. The smallest absolute Gasteiger partial charge is 0.274 e. The number of aromatic nitrogens is 1. The highest BCUT2D eigenvalue weighted by atomic mass is 32.2. The van der Waals surface area contributed by atoms with Crippen molar-refractivity contribution in [3.05, 3.63) is 72.1 Å². The van der Waals surface area contributed by atoms with E-state index in [1.165, 1.54) is 16.6 Å². The minimum atomic E-state index is -3.77. The van der Waals surface area contributed by atoms with Crippen molar-refractivity contribution < 1.29 is 17.9 Å². The van der Waals surface area contributed by atoms with E-state index in [0.717, 1.165) is 5.56 Å². The van der Waals surface area contributed by atoms with E-state index in [1.807, 2.05) is 43.3 Å². The van der Waals surface area contributed by atoms with Gasteiger partial charge in [0.1, 0.15) is 16.3 Å². The fraction of sp³-hybridized carbons (Fsp3) is 0.261. The monoisotopic (exact) mass is 439 g/mol. The highest BCUT2D eigenvalue weighted by Crippen LogP contribution is 2.33. The summed E-state index contributed by atoms with van der Waals surface area (Å²) >= 11 is 0. The van der Waals surface area contributed by atoms with Crippen molar-refractivity contribution >= 4 is 27.3 Å². The predicted octanol–water partition coefficient (Wildman–Crippen LogP) is 3.45. The number of anilines is 2. The molecule has 0 fully saturated rings. The van der Waals surface area contributed by atoms with Crippen LogP contribution in [0.2, 0.25) is 0 Å². The van der Waals surface area contributed by atoms with Crippen LogP contribution >= 0.6 is 0 Å². The Kier molecular flexibility index (Phi) is 5.49. The molecule has 162 valence electrons. The van der Waals surface area contributed by atoms with Crippen LogP contribution in [0.4, 0.5) is 11.4 Å². The molecular weight excluding hydrogens is 414 g/mol. The van der Waals surface area contributed by atoms with Crippen LogP contribution in [-0.4, -0.2) is 39.1 Å². The number of aryl methyl sites for hydroxylation is 1. The van der Waals surface area contributed by atoms with E-state index in [1.54, 1.807) is 35.8 Å². The molecule has 2 aromatic carbocycles. The van der Waals surface area contributed by atoms with Crippen molar-refractivity contribution in [2.45, 2.75) is 18.2 Å². The van der Waals surface area contributed by atoms with Crippen LogP contribution in [0.15, 0.2) is 65.7 Å². The number of nitrogens with zero attached hydrogens (tertiary/aromatic N) is 3. The summed E-state index contributed by atoms with van der Waals surface area (Å²) in [7, 11) is -0.496. The quantitative estimate of drug-likeness (QED) is 0.590. The van der Waals surface area contributed by atoms with Gasteiger partial charge < -0.3 is 14.2 Å². The van der Waals surface area contributed by atoms with Crippen molar-refractivity contribution in [3.8, 4) is 5.75 Å². The van der Waals surface area contributed by atoms with Gasteiger partial charge in [-0.1, -0.05) is 18.2 Å². The van der Waals surface area contributed by atoms with Gasteiger partial charge in [-0.3, -0.25) is 9.10 Å². The summed E-state index contributed by atoms with van der Waals surface area (Å²) in [6.45, 7) is 2.72. The van der Waals surface area contributed by atoms with Gasteiger partial charge in [0, 0.05) is 32.0 Å². The molecule has 0 aliphatic carbocycles. The minimum Gasteiger partial charge on any atom is -0.497 e. The van der Waals surface area contributed by atoms with Gasteiger partial charge in [0.2, 0.25) is 0 Å². The molecule has 2 heterocycles.